The monoisotopic (exact) mass is 374 g/mol. The SMILES string of the molecule is O=C(NCc1nccc(N2CCCC2)n1)c1ccc(Oc2ccccc2)cc1. The van der Waals surface area contributed by atoms with Gasteiger partial charge in [0.15, 0.2) is 0 Å². The fraction of sp³-hybridized carbons (Fsp3) is 0.227. The van der Waals surface area contributed by atoms with Crippen LogP contribution in [0.4, 0.5) is 5.82 Å². The van der Waals surface area contributed by atoms with Crippen molar-refractivity contribution in [2.75, 3.05) is 18.0 Å². The maximum Gasteiger partial charge on any atom is 0.251 e. The number of para-hydroxylation sites is 1. The van der Waals surface area contributed by atoms with Crippen LogP contribution < -0.4 is 15.0 Å². The van der Waals surface area contributed by atoms with Crippen molar-refractivity contribution in [1.82, 2.24) is 15.3 Å². The second-order valence-corrected chi connectivity index (χ2v) is 6.65. The molecule has 0 saturated carbocycles. The van der Waals surface area contributed by atoms with Crippen LogP contribution in [0.2, 0.25) is 0 Å². The fourth-order valence-electron chi connectivity index (χ4n) is 3.16. The number of ether oxygens (including phenoxy) is 1. The predicted octanol–water partition coefficient (Wildman–Crippen LogP) is 3.80. The molecule has 4 rings (SSSR count). The van der Waals surface area contributed by atoms with E-state index < -0.39 is 0 Å². The van der Waals surface area contributed by atoms with E-state index in [1.165, 1.54) is 12.8 Å². The van der Waals surface area contributed by atoms with Gasteiger partial charge >= 0.3 is 0 Å². The second-order valence-electron chi connectivity index (χ2n) is 6.65. The molecule has 142 valence electrons. The summed E-state index contributed by atoms with van der Waals surface area (Å²) in [6.45, 7) is 2.35. The number of amides is 1. The number of nitrogens with zero attached hydrogens (tertiary/aromatic N) is 3. The first-order valence-corrected chi connectivity index (χ1v) is 9.46. The number of aromatic nitrogens is 2. The molecule has 1 N–H and O–H groups in total. The van der Waals surface area contributed by atoms with Crippen molar-refractivity contribution in [2.24, 2.45) is 0 Å². The normalized spacial score (nSPS) is 13.4. The Morgan fingerprint density at radius 1 is 0.964 bits per heavy atom. The highest BCUT2D eigenvalue weighted by atomic mass is 16.5. The molecule has 0 radical (unpaired) electrons. The first kappa shape index (κ1) is 18.0. The van der Waals surface area contributed by atoms with E-state index in [2.05, 4.69) is 20.2 Å². The molecular formula is C22H22N4O2. The van der Waals surface area contributed by atoms with Gasteiger partial charge in [0.25, 0.3) is 5.91 Å². The van der Waals surface area contributed by atoms with E-state index in [-0.39, 0.29) is 5.91 Å². The van der Waals surface area contributed by atoms with E-state index >= 15 is 0 Å². The van der Waals surface area contributed by atoms with Gasteiger partial charge in [-0.1, -0.05) is 18.2 Å². The third kappa shape index (κ3) is 4.46. The summed E-state index contributed by atoms with van der Waals surface area (Å²) in [5, 5.41) is 2.88. The smallest absolute Gasteiger partial charge is 0.251 e. The zero-order chi connectivity index (χ0) is 19.2. The van der Waals surface area contributed by atoms with Crippen molar-refractivity contribution in [3.05, 3.63) is 78.2 Å². The Morgan fingerprint density at radius 3 is 2.43 bits per heavy atom. The summed E-state index contributed by atoms with van der Waals surface area (Å²) in [6, 6.07) is 18.5. The molecule has 6 nitrogen and oxygen atoms in total. The van der Waals surface area contributed by atoms with Crippen molar-refractivity contribution >= 4 is 11.7 Å². The maximum absolute atomic E-state index is 12.4. The van der Waals surface area contributed by atoms with E-state index in [9.17, 15) is 4.79 Å². The molecule has 0 spiro atoms. The summed E-state index contributed by atoms with van der Waals surface area (Å²) in [4.78, 5) is 23.5. The Morgan fingerprint density at radius 2 is 1.68 bits per heavy atom. The van der Waals surface area contributed by atoms with Crippen LogP contribution in [-0.2, 0) is 6.54 Å². The van der Waals surface area contributed by atoms with Gasteiger partial charge in [0.1, 0.15) is 23.1 Å². The second kappa shape index (κ2) is 8.52. The lowest BCUT2D eigenvalue weighted by Crippen LogP contribution is -2.25. The van der Waals surface area contributed by atoms with Crippen molar-refractivity contribution < 1.29 is 9.53 Å². The molecule has 2 heterocycles. The van der Waals surface area contributed by atoms with Crippen LogP contribution in [0.25, 0.3) is 0 Å². The van der Waals surface area contributed by atoms with Crippen LogP contribution in [-0.4, -0.2) is 29.0 Å². The Hall–Kier alpha value is -3.41. The number of rotatable bonds is 6. The van der Waals surface area contributed by atoms with E-state index in [0.717, 1.165) is 24.7 Å². The lowest BCUT2D eigenvalue weighted by Gasteiger charge is -2.16. The minimum Gasteiger partial charge on any atom is -0.457 e. The van der Waals surface area contributed by atoms with Gasteiger partial charge in [-0.3, -0.25) is 4.79 Å². The summed E-state index contributed by atoms with van der Waals surface area (Å²) >= 11 is 0. The number of nitrogens with one attached hydrogen (secondary N) is 1. The molecule has 1 amide bonds. The molecule has 1 aromatic heterocycles. The number of benzene rings is 2. The molecule has 3 aromatic rings. The highest BCUT2D eigenvalue weighted by molar-refractivity contribution is 5.94. The summed E-state index contributed by atoms with van der Waals surface area (Å²) in [5.74, 6) is 2.82. The number of anilines is 1. The van der Waals surface area contributed by atoms with Gasteiger partial charge in [0, 0.05) is 24.8 Å². The van der Waals surface area contributed by atoms with Crippen LogP contribution in [0.15, 0.2) is 66.9 Å². The topological polar surface area (TPSA) is 67.4 Å². The summed E-state index contributed by atoms with van der Waals surface area (Å²) in [5.41, 5.74) is 0.566. The van der Waals surface area contributed by atoms with Crippen LogP contribution in [0.1, 0.15) is 29.0 Å². The van der Waals surface area contributed by atoms with Gasteiger partial charge in [-0.15, -0.1) is 0 Å². The molecule has 2 aromatic carbocycles. The van der Waals surface area contributed by atoms with Crippen LogP contribution >= 0.6 is 0 Å². The predicted molar refractivity (Wildman–Crippen MR) is 108 cm³/mol. The van der Waals surface area contributed by atoms with Crippen LogP contribution in [0, 0.1) is 0 Å². The lowest BCUT2D eigenvalue weighted by molar-refractivity contribution is 0.0950. The van der Waals surface area contributed by atoms with Gasteiger partial charge < -0.3 is 15.0 Å². The third-order valence-corrected chi connectivity index (χ3v) is 4.62. The molecule has 1 saturated heterocycles. The van der Waals surface area contributed by atoms with Crippen molar-refractivity contribution in [1.29, 1.82) is 0 Å². The van der Waals surface area contributed by atoms with Gasteiger partial charge in [0.05, 0.1) is 6.54 Å². The molecule has 1 aliphatic rings. The Labute approximate surface area is 164 Å². The van der Waals surface area contributed by atoms with Crippen molar-refractivity contribution in [2.45, 2.75) is 19.4 Å². The first-order chi connectivity index (χ1) is 13.8. The standard InChI is InChI=1S/C22H22N4O2/c27-22(17-8-10-19(11-9-17)28-18-6-2-1-3-7-18)24-16-20-23-13-12-21(25-20)26-14-4-5-15-26/h1-3,6-13H,4-5,14-16H2,(H,24,27). The first-order valence-electron chi connectivity index (χ1n) is 9.46. The quantitative estimate of drug-likeness (QED) is 0.711. The molecule has 6 heteroatoms. The average molecular weight is 374 g/mol. The van der Waals surface area contributed by atoms with Gasteiger partial charge in [-0.25, -0.2) is 9.97 Å². The van der Waals surface area contributed by atoms with E-state index in [1.54, 1.807) is 30.5 Å². The zero-order valence-electron chi connectivity index (χ0n) is 15.5. The molecule has 0 aliphatic carbocycles. The molecule has 28 heavy (non-hydrogen) atoms. The van der Waals surface area contributed by atoms with Gasteiger partial charge in [-0.05, 0) is 55.3 Å². The average Bonchev–Trinajstić information content (AvgIpc) is 3.29. The maximum atomic E-state index is 12.4. The zero-order valence-corrected chi connectivity index (χ0v) is 15.5. The van der Waals surface area contributed by atoms with Crippen molar-refractivity contribution in [3.63, 3.8) is 0 Å². The number of carbonyl (C=O) groups is 1. The summed E-state index contributed by atoms with van der Waals surface area (Å²) in [6.07, 6.45) is 4.14. The minimum atomic E-state index is -0.165. The van der Waals surface area contributed by atoms with E-state index in [4.69, 9.17) is 4.74 Å². The molecule has 0 bridgehead atoms. The van der Waals surface area contributed by atoms with Gasteiger partial charge in [0.2, 0.25) is 0 Å². The molecular weight excluding hydrogens is 352 g/mol. The lowest BCUT2D eigenvalue weighted by atomic mass is 10.2. The molecule has 0 unspecified atom stereocenters. The minimum absolute atomic E-state index is 0.165. The Kier molecular flexibility index (Phi) is 5.47. The van der Waals surface area contributed by atoms with E-state index in [0.29, 0.717) is 23.7 Å². The van der Waals surface area contributed by atoms with Crippen LogP contribution in [0.5, 0.6) is 11.5 Å². The van der Waals surface area contributed by atoms with Crippen molar-refractivity contribution in [3.8, 4) is 11.5 Å². The summed E-state index contributed by atoms with van der Waals surface area (Å²) < 4.78 is 5.75. The van der Waals surface area contributed by atoms with Crippen LogP contribution in [0.3, 0.4) is 0 Å². The molecule has 1 aliphatic heterocycles. The largest absolute Gasteiger partial charge is 0.457 e. The highest BCUT2D eigenvalue weighted by Gasteiger charge is 2.14. The Bertz CT molecular complexity index is 923. The summed E-state index contributed by atoms with van der Waals surface area (Å²) in [7, 11) is 0. The number of hydrogen-bond donors (Lipinski definition) is 1. The number of hydrogen-bond acceptors (Lipinski definition) is 5. The van der Waals surface area contributed by atoms with Gasteiger partial charge in [-0.2, -0.15) is 0 Å². The number of carbonyl (C=O) groups excluding carboxylic acids is 1. The Balaban J connectivity index is 1.34. The third-order valence-electron chi connectivity index (χ3n) is 4.62. The molecule has 1 fully saturated rings. The fourth-order valence-corrected chi connectivity index (χ4v) is 3.16. The van der Waals surface area contributed by atoms with E-state index in [1.807, 2.05) is 36.4 Å². The highest BCUT2D eigenvalue weighted by Crippen LogP contribution is 2.21. The molecule has 0 atom stereocenters.